The SMILES string of the molecule is C.CC1CCC(C(C)C)CC1.CC1CCC(C(C)C)CC1. The number of hydrogen-bond acceptors (Lipinski definition) is 0. The van der Waals surface area contributed by atoms with Crippen LogP contribution in [0.2, 0.25) is 0 Å². The van der Waals surface area contributed by atoms with Crippen LogP contribution in [0.5, 0.6) is 0 Å². The van der Waals surface area contributed by atoms with Crippen molar-refractivity contribution in [1.82, 2.24) is 0 Å². The fourth-order valence-corrected chi connectivity index (χ4v) is 3.91. The molecule has 0 unspecified atom stereocenters. The van der Waals surface area contributed by atoms with E-state index in [1.165, 1.54) is 51.4 Å². The van der Waals surface area contributed by atoms with Gasteiger partial charge in [0, 0.05) is 0 Å². The molecule has 2 fully saturated rings. The summed E-state index contributed by atoms with van der Waals surface area (Å²) in [5.74, 6) is 5.94. The molecule has 0 N–H and O–H groups in total. The van der Waals surface area contributed by atoms with Gasteiger partial charge in [-0.3, -0.25) is 0 Å². The highest BCUT2D eigenvalue weighted by Crippen LogP contribution is 2.33. The molecule has 2 aliphatic carbocycles. The maximum atomic E-state index is 2.39. The Morgan fingerprint density at radius 2 is 0.762 bits per heavy atom. The summed E-state index contributed by atoms with van der Waals surface area (Å²) in [5.41, 5.74) is 0. The fraction of sp³-hybridized carbons (Fsp3) is 1.00. The van der Waals surface area contributed by atoms with Gasteiger partial charge >= 0.3 is 0 Å². The molecule has 0 aromatic rings. The molecule has 2 rings (SSSR count). The zero-order chi connectivity index (χ0) is 15.1. The second-order valence-corrected chi connectivity index (χ2v) is 8.53. The molecule has 0 radical (unpaired) electrons. The maximum absolute atomic E-state index is 2.39. The minimum atomic E-state index is 0. The topological polar surface area (TPSA) is 0 Å². The molecule has 0 heterocycles. The maximum Gasteiger partial charge on any atom is -0.0391 e. The lowest BCUT2D eigenvalue weighted by Crippen LogP contribution is -2.16. The van der Waals surface area contributed by atoms with Gasteiger partial charge in [-0.2, -0.15) is 0 Å². The third kappa shape index (κ3) is 8.27. The normalized spacial score (nSPS) is 33.1. The molecule has 0 atom stereocenters. The van der Waals surface area contributed by atoms with Gasteiger partial charge in [-0.1, -0.05) is 74.7 Å². The van der Waals surface area contributed by atoms with E-state index in [2.05, 4.69) is 41.5 Å². The highest BCUT2D eigenvalue weighted by atomic mass is 14.3. The van der Waals surface area contributed by atoms with Crippen LogP contribution in [0, 0.1) is 35.5 Å². The van der Waals surface area contributed by atoms with E-state index in [0.717, 1.165) is 35.5 Å². The van der Waals surface area contributed by atoms with Gasteiger partial charge < -0.3 is 0 Å². The summed E-state index contributed by atoms with van der Waals surface area (Å²) >= 11 is 0. The minimum Gasteiger partial charge on any atom is -0.0776 e. The third-order valence-electron chi connectivity index (χ3n) is 6.01. The molecule has 0 spiro atoms. The van der Waals surface area contributed by atoms with E-state index in [1.54, 1.807) is 0 Å². The first-order valence-corrected chi connectivity index (χ1v) is 9.40. The van der Waals surface area contributed by atoms with Crippen molar-refractivity contribution in [3.8, 4) is 0 Å². The van der Waals surface area contributed by atoms with Crippen LogP contribution in [0.15, 0.2) is 0 Å². The summed E-state index contributed by atoms with van der Waals surface area (Å²) in [4.78, 5) is 0. The standard InChI is InChI=1S/2C10H20.CH4/c2*1-8(2)10-6-4-9(3)5-7-10;/h2*8-10H,4-7H2,1-3H3;1H4. The van der Waals surface area contributed by atoms with Crippen LogP contribution in [0.25, 0.3) is 0 Å². The van der Waals surface area contributed by atoms with E-state index >= 15 is 0 Å². The van der Waals surface area contributed by atoms with Crippen LogP contribution in [0.1, 0.15) is 100 Å². The Morgan fingerprint density at radius 1 is 0.524 bits per heavy atom. The summed E-state index contributed by atoms with van der Waals surface area (Å²) in [5, 5.41) is 0. The van der Waals surface area contributed by atoms with Crippen molar-refractivity contribution in [2.24, 2.45) is 35.5 Å². The van der Waals surface area contributed by atoms with Crippen molar-refractivity contribution < 1.29 is 0 Å². The Bertz CT molecular complexity index is 198. The van der Waals surface area contributed by atoms with Crippen molar-refractivity contribution in [2.45, 2.75) is 100 Å². The minimum absolute atomic E-state index is 0. The molecule has 2 saturated carbocycles. The fourth-order valence-electron chi connectivity index (χ4n) is 3.91. The van der Waals surface area contributed by atoms with Crippen molar-refractivity contribution in [3.63, 3.8) is 0 Å². The summed E-state index contributed by atoms with van der Waals surface area (Å²) in [6.45, 7) is 14.2. The summed E-state index contributed by atoms with van der Waals surface area (Å²) in [7, 11) is 0. The number of hydrogen-bond donors (Lipinski definition) is 0. The molecule has 0 saturated heterocycles. The molecule has 0 aromatic heterocycles. The van der Waals surface area contributed by atoms with E-state index in [0.29, 0.717) is 0 Å². The molecule has 0 aliphatic heterocycles. The molecule has 0 heteroatoms. The van der Waals surface area contributed by atoms with Crippen molar-refractivity contribution in [1.29, 1.82) is 0 Å². The van der Waals surface area contributed by atoms with Crippen LogP contribution in [0.3, 0.4) is 0 Å². The van der Waals surface area contributed by atoms with Gasteiger partial charge in [0.15, 0.2) is 0 Å². The Kier molecular flexibility index (Phi) is 10.7. The monoisotopic (exact) mass is 296 g/mol. The molecular weight excluding hydrogens is 252 g/mol. The first-order chi connectivity index (χ1) is 9.40. The Hall–Kier alpha value is 0. The quantitative estimate of drug-likeness (QED) is 0.493. The lowest BCUT2D eigenvalue weighted by molar-refractivity contribution is 0.234. The van der Waals surface area contributed by atoms with Gasteiger partial charge in [-0.05, 0) is 61.2 Å². The summed E-state index contributed by atoms with van der Waals surface area (Å²) < 4.78 is 0. The first kappa shape index (κ1) is 21.0. The van der Waals surface area contributed by atoms with Gasteiger partial charge in [0.25, 0.3) is 0 Å². The van der Waals surface area contributed by atoms with Crippen LogP contribution in [-0.4, -0.2) is 0 Å². The summed E-state index contributed by atoms with van der Waals surface area (Å²) in [6.07, 6.45) is 11.8. The van der Waals surface area contributed by atoms with Gasteiger partial charge in [-0.15, -0.1) is 0 Å². The first-order valence-electron chi connectivity index (χ1n) is 9.40. The van der Waals surface area contributed by atoms with E-state index in [-0.39, 0.29) is 7.43 Å². The van der Waals surface area contributed by atoms with E-state index < -0.39 is 0 Å². The van der Waals surface area contributed by atoms with E-state index in [1.807, 2.05) is 0 Å². The number of rotatable bonds is 2. The second kappa shape index (κ2) is 10.7. The van der Waals surface area contributed by atoms with Crippen molar-refractivity contribution in [3.05, 3.63) is 0 Å². The average molecular weight is 297 g/mol. The predicted octanol–water partition coefficient (Wildman–Crippen LogP) is 7.57. The molecule has 128 valence electrons. The van der Waals surface area contributed by atoms with Crippen molar-refractivity contribution in [2.75, 3.05) is 0 Å². The largest absolute Gasteiger partial charge is 0.0776 e. The Morgan fingerprint density at radius 3 is 0.952 bits per heavy atom. The van der Waals surface area contributed by atoms with Gasteiger partial charge in [0.05, 0.1) is 0 Å². The predicted molar refractivity (Wildman–Crippen MR) is 98.7 cm³/mol. The molecule has 0 aromatic carbocycles. The van der Waals surface area contributed by atoms with Crippen LogP contribution < -0.4 is 0 Å². The highest BCUT2D eigenvalue weighted by Gasteiger charge is 2.20. The molecule has 2 aliphatic rings. The van der Waals surface area contributed by atoms with E-state index in [4.69, 9.17) is 0 Å². The molecular formula is C21H44. The van der Waals surface area contributed by atoms with Crippen LogP contribution in [0.4, 0.5) is 0 Å². The van der Waals surface area contributed by atoms with Crippen molar-refractivity contribution >= 4 is 0 Å². The van der Waals surface area contributed by atoms with Crippen LogP contribution in [-0.2, 0) is 0 Å². The van der Waals surface area contributed by atoms with Gasteiger partial charge in [0.2, 0.25) is 0 Å². The Balaban J connectivity index is 0.000000364. The zero-order valence-corrected chi connectivity index (χ0v) is 15.1. The zero-order valence-electron chi connectivity index (χ0n) is 15.1. The van der Waals surface area contributed by atoms with Gasteiger partial charge in [0.1, 0.15) is 0 Å². The highest BCUT2D eigenvalue weighted by molar-refractivity contribution is 4.72. The third-order valence-corrected chi connectivity index (χ3v) is 6.01. The average Bonchev–Trinajstić information content (AvgIpc) is 2.40. The molecule has 0 amide bonds. The lowest BCUT2D eigenvalue weighted by atomic mass is 9.78. The van der Waals surface area contributed by atoms with Crippen LogP contribution >= 0.6 is 0 Å². The molecule has 0 bridgehead atoms. The van der Waals surface area contributed by atoms with Gasteiger partial charge in [-0.25, -0.2) is 0 Å². The molecule has 0 nitrogen and oxygen atoms in total. The second-order valence-electron chi connectivity index (χ2n) is 8.53. The lowest BCUT2D eigenvalue weighted by Gasteiger charge is -2.28. The Labute approximate surface area is 136 Å². The smallest absolute Gasteiger partial charge is 0.0391 e. The molecule has 21 heavy (non-hydrogen) atoms. The summed E-state index contributed by atoms with van der Waals surface area (Å²) in [6, 6.07) is 0. The van der Waals surface area contributed by atoms with E-state index in [9.17, 15) is 0 Å².